The summed E-state index contributed by atoms with van der Waals surface area (Å²) in [7, 11) is 3.19. The summed E-state index contributed by atoms with van der Waals surface area (Å²) < 4.78 is 10.6. The second-order valence-corrected chi connectivity index (χ2v) is 7.81. The van der Waals surface area contributed by atoms with Crippen molar-refractivity contribution in [3.05, 3.63) is 23.8 Å². The Morgan fingerprint density at radius 1 is 1.10 bits per heavy atom. The van der Waals surface area contributed by atoms with Crippen LogP contribution in [0.4, 0.5) is 0 Å². The molecule has 0 radical (unpaired) electrons. The van der Waals surface area contributed by atoms with Gasteiger partial charge in [-0.05, 0) is 37.0 Å². The van der Waals surface area contributed by atoms with Crippen molar-refractivity contribution in [1.82, 2.24) is 15.1 Å². The maximum absolute atomic E-state index is 12.4. The maximum atomic E-state index is 12.4. The predicted molar refractivity (Wildman–Crippen MR) is 111 cm³/mol. The number of ether oxygens (including phenoxy) is 2. The standard InChI is InChI=1S/C22H31N3O5/c1-29-18-7-6-16(13-19(18)30-2)8-12-25-15-17(14-21(25)27)22(28)23-9-4-11-24-10-3-5-20(24)26/h6-7,13,17H,3-5,8-12,14-15H2,1-2H3,(H,23,28). The molecule has 0 bridgehead atoms. The Balaban J connectivity index is 1.40. The van der Waals surface area contributed by atoms with E-state index >= 15 is 0 Å². The first kappa shape index (κ1) is 21.9. The number of likely N-dealkylation sites (tertiary alicyclic amines) is 2. The number of carbonyl (C=O) groups is 3. The summed E-state index contributed by atoms with van der Waals surface area (Å²) in [6.45, 7) is 3.04. The Morgan fingerprint density at radius 3 is 2.60 bits per heavy atom. The molecular weight excluding hydrogens is 386 g/mol. The van der Waals surface area contributed by atoms with Crippen LogP contribution in [0.2, 0.25) is 0 Å². The molecule has 30 heavy (non-hydrogen) atoms. The van der Waals surface area contributed by atoms with Gasteiger partial charge in [-0.3, -0.25) is 14.4 Å². The van der Waals surface area contributed by atoms with Gasteiger partial charge in [0.25, 0.3) is 0 Å². The molecule has 0 aliphatic carbocycles. The van der Waals surface area contributed by atoms with E-state index in [1.54, 1.807) is 19.1 Å². The molecule has 0 aromatic heterocycles. The molecule has 8 heteroatoms. The van der Waals surface area contributed by atoms with Gasteiger partial charge in [-0.25, -0.2) is 0 Å². The lowest BCUT2D eigenvalue weighted by atomic mass is 10.1. The zero-order chi connectivity index (χ0) is 21.5. The van der Waals surface area contributed by atoms with Crippen LogP contribution in [-0.2, 0) is 20.8 Å². The van der Waals surface area contributed by atoms with Gasteiger partial charge in [0.1, 0.15) is 0 Å². The summed E-state index contributed by atoms with van der Waals surface area (Å²) >= 11 is 0. The molecule has 2 aliphatic heterocycles. The zero-order valence-electron chi connectivity index (χ0n) is 17.8. The molecule has 2 fully saturated rings. The van der Waals surface area contributed by atoms with Crippen LogP contribution in [0.1, 0.15) is 31.2 Å². The number of methoxy groups -OCH3 is 2. The van der Waals surface area contributed by atoms with E-state index in [0.29, 0.717) is 50.5 Å². The third-order valence-corrected chi connectivity index (χ3v) is 5.78. The Kier molecular flexibility index (Phi) is 7.54. The van der Waals surface area contributed by atoms with E-state index in [-0.39, 0.29) is 30.1 Å². The van der Waals surface area contributed by atoms with Crippen molar-refractivity contribution in [3.63, 3.8) is 0 Å². The Morgan fingerprint density at radius 2 is 1.90 bits per heavy atom. The molecule has 2 aliphatic rings. The van der Waals surface area contributed by atoms with Gasteiger partial charge in [0.15, 0.2) is 11.5 Å². The van der Waals surface area contributed by atoms with Gasteiger partial charge in [0.2, 0.25) is 17.7 Å². The van der Waals surface area contributed by atoms with Crippen LogP contribution >= 0.6 is 0 Å². The predicted octanol–water partition coefficient (Wildman–Crippen LogP) is 1.22. The van der Waals surface area contributed by atoms with Gasteiger partial charge in [-0.15, -0.1) is 0 Å². The minimum absolute atomic E-state index is 0.0123. The fourth-order valence-corrected chi connectivity index (χ4v) is 4.03. The van der Waals surface area contributed by atoms with Gasteiger partial charge in [0, 0.05) is 45.6 Å². The highest BCUT2D eigenvalue weighted by Crippen LogP contribution is 2.28. The number of hydrogen-bond donors (Lipinski definition) is 1. The monoisotopic (exact) mass is 417 g/mol. The number of amides is 3. The van der Waals surface area contributed by atoms with Crippen molar-refractivity contribution >= 4 is 17.7 Å². The average molecular weight is 418 g/mol. The van der Waals surface area contributed by atoms with Crippen LogP contribution in [0.5, 0.6) is 11.5 Å². The van der Waals surface area contributed by atoms with Crippen LogP contribution in [0.25, 0.3) is 0 Å². The van der Waals surface area contributed by atoms with E-state index in [1.807, 2.05) is 23.1 Å². The lowest BCUT2D eigenvalue weighted by molar-refractivity contribution is -0.129. The fourth-order valence-electron chi connectivity index (χ4n) is 4.03. The van der Waals surface area contributed by atoms with E-state index in [2.05, 4.69) is 5.32 Å². The first-order valence-corrected chi connectivity index (χ1v) is 10.6. The first-order valence-electron chi connectivity index (χ1n) is 10.6. The second kappa shape index (κ2) is 10.3. The molecule has 3 rings (SSSR count). The molecule has 3 amide bonds. The van der Waals surface area contributed by atoms with Crippen LogP contribution in [0, 0.1) is 5.92 Å². The smallest absolute Gasteiger partial charge is 0.225 e. The fraction of sp³-hybridized carbons (Fsp3) is 0.591. The first-order chi connectivity index (χ1) is 14.5. The minimum Gasteiger partial charge on any atom is -0.493 e. The van der Waals surface area contributed by atoms with Crippen LogP contribution in [0.3, 0.4) is 0 Å². The van der Waals surface area contributed by atoms with Crippen molar-refractivity contribution in [2.24, 2.45) is 5.92 Å². The number of rotatable bonds is 10. The van der Waals surface area contributed by atoms with E-state index in [4.69, 9.17) is 9.47 Å². The lowest BCUT2D eigenvalue weighted by Gasteiger charge is -2.18. The summed E-state index contributed by atoms with van der Waals surface area (Å²) in [5.74, 6) is 1.16. The summed E-state index contributed by atoms with van der Waals surface area (Å²) in [5, 5.41) is 2.92. The largest absolute Gasteiger partial charge is 0.493 e. The van der Waals surface area contributed by atoms with Crippen LogP contribution in [0.15, 0.2) is 18.2 Å². The van der Waals surface area contributed by atoms with Crippen molar-refractivity contribution in [2.45, 2.75) is 32.1 Å². The highest BCUT2D eigenvalue weighted by molar-refractivity contribution is 5.89. The SMILES string of the molecule is COc1ccc(CCN2CC(C(=O)NCCCN3CCCC3=O)CC2=O)cc1OC. The van der Waals surface area contributed by atoms with Crippen LogP contribution in [-0.4, -0.2) is 74.5 Å². The molecular formula is C22H31N3O5. The van der Waals surface area contributed by atoms with Gasteiger partial charge in [-0.1, -0.05) is 6.07 Å². The third-order valence-electron chi connectivity index (χ3n) is 5.78. The minimum atomic E-state index is -0.309. The summed E-state index contributed by atoms with van der Waals surface area (Å²) in [6.07, 6.45) is 3.23. The molecule has 1 unspecified atom stereocenters. The molecule has 0 saturated carbocycles. The summed E-state index contributed by atoms with van der Waals surface area (Å²) in [5.41, 5.74) is 1.05. The molecule has 1 atom stereocenters. The molecule has 1 aromatic carbocycles. The van der Waals surface area contributed by atoms with Gasteiger partial charge < -0.3 is 24.6 Å². The maximum Gasteiger partial charge on any atom is 0.225 e. The normalized spacial score (nSPS) is 18.8. The van der Waals surface area contributed by atoms with Gasteiger partial charge in [-0.2, -0.15) is 0 Å². The quantitative estimate of drug-likeness (QED) is 0.579. The van der Waals surface area contributed by atoms with Crippen molar-refractivity contribution in [2.75, 3.05) is 46.9 Å². The highest BCUT2D eigenvalue weighted by atomic mass is 16.5. The van der Waals surface area contributed by atoms with E-state index in [0.717, 1.165) is 24.9 Å². The van der Waals surface area contributed by atoms with Crippen molar-refractivity contribution in [3.8, 4) is 11.5 Å². The average Bonchev–Trinajstić information content (AvgIpc) is 3.34. The highest BCUT2D eigenvalue weighted by Gasteiger charge is 2.33. The molecule has 164 valence electrons. The molecule has 1 aromatic rings. The van der Waals surface area contributed by atoms with Crippen molar-refractivity contribution < 1.29 is 23.9 Å². The molecule has 0 spiro atoms. The Hall–Kier alpha value is -2.77. The third kappa shape index (κ3) is 5.43. The lowest BCUT2D eigenvalue weighted by Crippen LogP contribution is -2.35. The topological polar surface area (TPSA) is 88.2 Å². The Labute approximate surface area is 177 Å². The molecule has 1 N–H and O–H groups in total. The number of nitrogens with one attached hydrogen (secondary N) is 1. The zero-order valence-corrected chi connectivity index (χ0v) is 17.8. The molecule has 2 saturated heterocycles. The second-order valence-electron chi connectivity index (χ2n) is 7.81. The van der Waals surface area contributed by atoms with Gasteiger partial charge in [0.05, 0.1) is 20.1 Å². The van der Waals surface area contributed by atoms with Crippen molar-refractivity contribution in [1.29, 1.82) is 0 Å². The van der Waals surface area contributed by atoms with Gasteiger partial charge >= 0.3 is 0 Å². The summed E-state index contributed by atoms with van der Waals surface area (Å²) in [4.78, 5) is 40.0. The number of nitrogens with zero attached hydrogens (tertiary/aromatic N) is 2. The van der Waals surface area contributed by atoms with E-state index in [1.165, 1.54) is 0 Å². The van der Waals surface area contributed by atoms with E-state index < -0.39 is 0 Å². The Bertz CT molecular complexity index is 782. The number of hydrogen-bond acceptors (Lipinski definition) is 5. The molecule has 2 heterocycles. The number of benzene rings is 1. The molecule has 8 nitrogen and oxygen atoms in total. The van der Waals surface area contributed by atoms with Crippen LogP contribution < -0.4 is 14.8 Å². The van der Waals surface area contributed by atoms with E-state index in [9.17, 15) is 14.4 Å². The summed E-state index contributed by atoms with van der Waals surface area (Å²) in [6, 6.07) is 5.72. The number of carbonyl (C=O) groups excluding carboxylic acids is 3.